The van der Waals surface area contributed by atoms with Crippen molar-refractivity contribution >= 4 is 69.1 Å². The lowest BCUT2D eigenvalue weighted by atomic mass is 10.1. The first kappa shape index (κ1) is 28.1. The zero-order valence-corrected chi connectivity index (χ0v) is 25.0. The van der Waals surface area contributed by atoms with Gasteiger partial charge in [-0.1, -0.05) is 35.0 Å². The van der Waals surface area contributed by atoms with Gasteiger partial charge in [0.05, 0.1) is 11.1 Å². The molecule has 3 N–H and O–H groups in total. The number of halogens is 2. The van der Waals surface area contributed by atoms with Gasteiger partial charge in [0.15, 0.2) is 5.82 Å². The predicted molar refractivity (Wildman–Crippen MR) is 166 cm³/mol. The highest BCUT2D eigenvalue weighted by atomic mass is 35.5. The Hall–Kier alpha value is -3.02. The molecule has 2 aromatic carbocycles. The van der Waals surface area contributed by atoms with Crippen molar-refractivity contribution in [1.82, 2.24) is 20.1 Å². The third-order valence-electron chi connectivity index (χ3n) is 7.37. The van der Waals surface area contributed by atoms with Crippen molar-refractivity contribution in [2.75, 3.05) is 62.0 Å². The molecule has 1 amide bonds. The van der Waals surface area contributed by atoms with Crippen LogP contribution in [0.1, 0.15) is 23.2 Å². The zero-order chi connectivity index (χ0) is 28.3. The number of benzene rings is 2. The number of ether oxygens (including phenoxy) is 1. The topological polar surface area (TPSA) is 98.4 Å². The normalized spacial score (nSPS) is 16.7. The number of pyridine rings is 1. The number of carbonyl (C=O) groups is 1. The number of nitrogens with one attached hydrogen (secondary N) is 3. The summed E-state index contributed by atoms with van der Waals surface area (Å²) in [6, 6.07) is 15.4. The van der Waals surface area contributed by atoms with Crippen LogP contribution in [-0.4, -0.2) is 78.5 Å². The molecule has 2 aromatic heterocycles. The number of rotatable bonds is 7. The van der Waals surface area contributed by atoms with E-state index in [4.69, 9.17) is 32.9 Å². The Bertz CT molecular complexity index is 1530. The van der Waals surface area contributed by atoms with Gasteiger partial charge in [0.25, 0.3) is 5.91 Å². The molecule has 0 bridgehead atoms. The Morgan fingerprint density at radius 2 is 1.78 bits per heavy atom. The van der Waals surface area contributed by atoms with Gasteiger partial charge in [-0.15, -0.1) is 0 Å². The first-order valence-electron chi connectivity index (χ1n) is 13.6. The molecule has 0 atom stereocenters. The van der Waals surface area contributed by atoms with Crippen molar-refractivity contribution in [3.63, 3.8) is 0 Å². The van der Waals surface area contributed by atoms with Crippen molar-refractivity contribution in [3.8, 4) is 0 Å². The van der Waals surface area contributed by atoms with E-state index in [1.165, 1.54) is 11.8 Å². The summed E-state index contributed by atoms with van der Waals surface area (Å²) in [5, 5.41) is 15.8. The Morgan fingerprint density at radius 3 is 2.54 bits per heavy atom. The second-order valence-corrected chi connectivity index (χ2v) is 12.3. The lowest BCUT2D eigenvalue weighted by molar-refractivity contribution is 0.0904. The van der Waals surface area contributed by atoms with Gasteiger partial charge in [-0.2, -0.15) is 5.10 Å². The molecule has 41 heavy (non-hydrogen) atoms. The number of nitrogens with zero attached hydrogens (tertiary/aromatic N) is 4. The lowest BCUT2D eigenvalue weighted by Gasteiger charge is -2.34. The van der Waals surface area contributed by atoms with Crippen molar-refractivity contribution in [1.29, 1.82) is 0 Å². The highest BCUT2D eigenvalue weighted by Crippen LogP contribution is 2.33. The van der Waals surface area contributed by atoms with Crippen molar-refractivity contribution in [2.24, 2.45) is 0 Å². The molecule has 12 heteroatoms. The monoisotopic (exact) mass is 611 g/mol. The average Bonchev–Trinajstić information content (AvgIpc) is 3.35. The molecule has 4 heterocycles. The van der Waals surface area contributed by atoms with E-state index >= 15 is 0 Å². The molecule has 2 aliphatic rings. The fourth-order valence-electron chi connectivity index (χ4n) is 5.08. The van der Waals surface area contributed by atoms with E-state index in [9.17, 15) is 4.79 Å². The standard InChI is InChI=1S/C29H31Cl2N7O2S/c1-37-8-10-38(11-9-37)21-2-3-23(25(17-21)32-20-6-12-40-13-7-20)29(39)34-28-27-24(35-36-28)4-5-26(33-27)41-22-15-18(30)14-19(31)16-22/h2-5,14-17,20,32H,6-13H2,1H3,(H2,34,35,36,39). The molecule has 0 unspecified atom stereocenters. The van der Waals surface area contributed by atoms with Crippen LogP contribution in [0.5, 0.6) is 0 Å². The number of aromatic amines is 1. The number of piperazine rings is 1. The van der Waals surface area contributed by atoms with E-state index in [0.717, 1.165) is 65.8 Å². The number of amides is 1. The second-order valence-electron chi connectivity index (χ2n) is 10.3. The third kappa shape index (κ3) is 6.73. The van der Waals surface area contributed by atoms with Crippen molar-refractivity contribution in [3.05, 3.63) is 64.1 Å². The van der Waals surface area contributed by atoms with Gasteiger partial charge in [0.2, 0.25) is 0 Å². The second kappa shape index (κ2) is 12.5. The van der Waals surface area contributed by atoms with Crippen molar-refractivity contribution in [2.45, 2.75) is 28.8 Å². The quantitative estimate of drug-likeness (QED) is 0.234. The maximum atomic E-state index is 13.7. The van der Waals surface area contributed by atoms with Crippen LogP contribution in [0, 0.1) is 0 Å². The van der Waals surface area contributed by atoms with Gasteiger partial charge in [0, 0.05) is 71.8 Å². The van der Waals surface area contributed by atoms with Crippen molar-refractivity contribution < 1.29 is 9.53 Å². The minimum Gasteiger partial charge on any atom is -0.381 e. The van der Waals surface area contributed by atoms with Crippen LogP contribution in [-0.2, 0) is 4.74 Å². The largest absolute Gasteiger partial charge is 0.381 e. The number of likely N-dealkylation sites (N-methyl/N-ethyl adjacent to an activating group) is 1. The fourth-order valence-corrected chi connectivity index (χ4v) is 6.62. The SMILES string of the molecule is CN1CCN(c2ccc(C(=O)Nc3n[nH]c4ccc(Sc5cc(Cl)cc(Cl)c5)nc34)c(NC3CCOCC3)c2)CC1. The zero-order valence-electron chi connectivity index (χ0n) is 22.6. The molecule has 2 aliphatic heterocycles. The van der Waals surface area contributed by atoms with E-state index in [1.54, 1.807) is 6.07 Å². The maximum absolute atomic E-state index is 13.7. The summed E-state index contributed by atoms with van der Waals surface area (Å²) >= 11 is 13.8. The maximum Gasteiger partial charge on any atom is 0.259 e. The van der Waals surface area contributed by atoms with E-state index in [1.807, 2.05) is 36.4 Å². The smallest absolute Gasteiger partial charge is 0.259 e. The summed E-state index contributed by atoms with van der Waals surface area (Å²) < 4.78 is 5.55. The molecular weight excluding hydrogens is 581 g/mol. The molecule has 4 aromatic rings. The first-order chi connectivity index (χ1) is 19.9. The number of fused-ring (bicyclic) bond motifs is 1. The number of H-pyrrole nitrogens is 1. The minimum absolute atomic E-state index is 0.241. The highest BCUT2D eigenvalue weighted by molar-refractivity contribution is 7.99. The van der Waals surface area contributed by atoms with E-state index in [-0.39, 0.29) is 11.9 Å². The number of anilines is 3. The van der Waals surface area contributed by atoms with Crippen LogP contribution in [0.4, 0.5) is 17.2 Å². The summed E-state index contributed by atoms with van der Waals surface area (Å²) in [5.74, 6) is 0.121. The summed E-state index contributed by atoms with van der Waals surface area (Å²) in [6.07, 6.45) is 1.79. The van der Waals surface area contributed by atoms with Crippen LogP contribution >= 0.6 is 35.0 Å². The van der Waals surface area contributed by atoms with E-state index in [0.29, 0.717) is 40.2 Å². The van der Waals surface area contributed by atoms with Gasteiger partial charge in [-0.3, -0.25) is 9.89 Å². The predicted octanol–water partition coefficient (Wildman–Crippen LogP) is 6.01. The highest BCUT2D eigenvalue weighted by Gasteiger charge is 2.22. The van der Waals surface area contributed by atoms with Gasteiger partial charge in [-0.25, -0.2) is 4.98 Å². The molecule has 2 saturated heterocycles. The number of carbonyl (C=O) groups excluding carboxylic acids is 1. The van der Waals surface area contributed by atoms with Gasteiger partial charge < -0.3 is 25.2 Å². The molecule has 0 saturated carbocycles. The molecule has 0 spiro atoms. The van der Waals surface area contributed by atoms with Crippen LogP contribution in [0.2, 0.25) is 10.0 Å². The fraction of sp³-hybridized carbons (Fsp3) is 0.345. The number of aromatic nitrogens is 3. The van der Waals surface area contributed by atoms with Crippen LogP contribution < -0.4 is 15.5 Å². The molecule has 2 fully saturated rings. The first-order valence-corrected chi connectivity index (χ1v) is 15.2. The third-order valence-corrected chi connectivity index (χ3v) is 8.71. The summed E-state index contributed by atoms with van der Waals surface area (Å²) in [5.41, 5.74) is 3.78. The van der Waals surface area contributed by atoms with Crippen LogP contribution in [0.25, 0.3) is 11.0 Å². The minimum atomic E-state index is -0.251. The molecule has 0 aliphatic carbocycles. The van der Waals surface area contributed by atoms with E-state index < -0.39 is 0 Å². The molecule has 214 valence electrons. The van der Waals surface area contributed by atoms with Gasteiger partial charge >= 0.3 is 0 Å². The molecule has 0 radical (unpaired) electrons. The summed E-state index contributed by atoms with van der Waals surface area (Å²) in [7, 11) is 2.14. The Kier molecular flexibility index (Phi) is 8.55. The van der Waals surface area contributed by atoms with Gasteiger partial charge in [-0.05, 0) is 68.4 Å². The molecule has 6 rings (SSSR count). The Labute approximate surface area is 252 Å². The Balaban J connectivity index is 1.25. The van der Waals surface area contributed by atoms with E-state index in [2.05, 4.69) is 43.7 Å². The number of hydrogen-bond acceptors (Lipinski definition) is 8. The lowest BCUT2D eigenvalue weighted by Crippen LogP contribution is -2.44. The molecular formula is C29H31Cl2N7O2S. The van der Waals surface area contributed by atoms with Crippen LogP contribution in [0.15, 0.2) is 58.5 Å². The Morgan fingerprint density at radius 1 is 1.02 bits per heavy atom. The summed E-state index contributed by atoms with van der Waals surface area (Å²) in [4.78, 5) is 24.0. The van der Waals surface area contributed by atoms with Gasteiger partial charge in [0.1, 0.15) is 10.5 Å². The molecule has 9 nitrogen and oxygen atoms in total. The summed E-state index contributed by atoms with van der Waals surface area (Å²) in [6.45, 7) is 5.34. The average molecular weight is 613 g/mol. The number of hydrogen-bond donors (Lipinski definition) is 3. The van der Waals surface area contributed by atoms with Crippen LogP contribution in [0.3, 0.4) is 0 Å².